The number of nitrogens with zero attached hydrogens (tertiary/aromatic N) is 3. The van der Waals surface area contributed by atoms with E-state index in [0.29, 0.717) is 36.4 Å². The maximum Gasteiger partial charge on any atom is 0.305 e. The number of azo groups is 1. The molecule has 0 aromatic heterocycles. The minimum atomic E-state index is -0.865. The van der Waals surface area contributed by atoms with Crippen molar-refractivity contribution in [2.24, 2.45) is 16.1 Å². The number of nitriles is 1. The minimum absolute atomic E-state index is 0.0293. The summed E-state index contributed by atoms with van der Waals surface area (Å²) in [5.41, 5.74) is 1.96. The first kappa shape index (κ1) is 29.5. The van der Waals surface area contributed by atoms with Crippen LogP contribution in [-0.2, 0) is 14.3 Å². The van der Waals surface area contributed by atoms with E-state index < -0.39 is 5.97 Å². The molecule has 0 radical (unpaired) electrons. The molecule has 0 saturated carbocycles. The summed E-state index contributed by atoms with van der Waals surface area (Å²) in [6.07, 6.45) is 5.82. The molecule has 2 aromatic rings. The average molecular weight is 510 g/mol. The van der Waals surface area contributed by atoms with Crippen LogP contribution in [0, 0.1) is 17.2 Å². The van der Waals surface area contributed by atoms with Crippen LogP contribution < -0.4 is 4.74 Å². The molecule has 0 saturated heterocycles. The summed E-state index contributed by atoms with van der Waals surface area (Å²) in [6, 6.07) is 16.3. The lowest BCUT2D eigenvalue weighted by Crippen LogP contribution is -2.17. The largest absolute Gasteiger partial charge is 0.494 e. The highest BCUT2D eigenvalue weighted by molar-refractivity contribution is 5.69. The molecular weight excluding hydrogens is 474 g/mol. The van der Waals surface area contributed by atoms with Gasteiger partial charge in [-0.25, -0.2) is 0 Å². The average Bonchev–Trinajstić information content (AvgIpc) is 2.91. The molecule has 198 valence electrons. The molecule has 0 bridgehead atoms. The molecule has 2 aromatic carbocycles. The number of unbranched alkanes of at least 4 members (excludes halogenated alkanes) is 4. The number of aliphatic hydroxyl groups excluding tert-OH is 1. The van der Waals surface area contributed by atoms with Gasteiger partial charge in [0.1, 0.15) is 5.75 Å². The number of carbonyl (C=O) groups excluding carboxylic acids is 1. The summed E-state index contributed by atoms with van der Waals surface area (Å²) in [4.78, 5) is 22.2. The number of carboxylic acids is 1. The van der Waals surface area contributed by atoms with E-state index in [0.717, 1.165) is 37.9 Å². The molecule has 0 amide bonds. The van der Waals surface area contributed by atoms with Crippen molar-refractivity contribution in [3.8, 4) is 11.8 Å². The van der Waals surface area contributed by atoms with Gasteiger partial charge in [-0.3, -0.25) is 9.59 Å². The third-order valence-corrected chi connectivity index (χ3v) is 5.65. The van der Waals surface area contributed by atoms with E-state index in [2.05, 4.69) is 16.3 Å². The van der Waals surface area contributed by atoms with Crippen LogP contribution >= 0.6 is 0 Å². The van der Waals surface area contributed by atoms with Crippen LogP contribution in [0.5, 0.6) is 5.75 Å². The molecule has 0 heterocycles. The third kappa shape index (κ3) is 13.2. The van der Waals surface area contributed by atoms with Crippen LogP contribution in [0.2, 0.25) is 0 Å². The summed E-state index contributed by atoms with van der Waals surface area (Å²) in [5.74, 6) is -0.520. The second kappa shape index (κ2) is 17.6. The Morgan fingerprint density at radius 2 is 1.49 bits per heavy atom. The monoisotopic (exact) mass is 509 g/mol. The van der Waals surface area contributed by atoms with Crippen LogP contribution in [0.1, 0.15) is 63.4 Å². The second-order valence-corrected chi connectivity index (χ2v) is 8.74. The molecule has 1 atom stereocenters. The number of aliphatic hydroxyl groups is 1. The lowest BCUT2D eigenvalue weighted by molar-refractivity contribution is -0.146. The Bertz CT molecular complexity index is 1020. The fraction of sp³-hybridized carbons (Fsp3) is 0.464. The first-order valence-corrected chi connectivity index (χ1v) is 12.6. The van der Waals surface area contributed by atoms with Gasteiger partial charge in [0, 0.05) is 25.4 Å². The van der Waals surface area contributed by atoms with Gasteiger partial charge in [-0.15, -0.1) is 0 Å². The van der Waals surface area contributed by atoms with E-state index in [1.54, 1.807) is 24.3 Å². The Morgan fingerprint density at radius 1 is 0.865 bits per heavy atom. The Labute approximate surface area is 217 Å². The zero-order valence-electron chi connectivity index (χ0n) is 21.1. The van der Waals surface area contributed by atoms with Crippen LogP contribution in [-0.4, -0.2) is 42.0 Å². The number of esters is 1. The van der Waals surface area contributed by atoms with E-state index in [4.69, 9.17) is 19.8 Å². The number of carbonyl (C=O) groups is 2. The lowest BCUT2D eigenvalue weighted by Gasteiger charge is -2.14. The van der Waals surface area contributed by atoms with Crippen molar-refractivity contribution in [3.63, 3.8) is 0 Å². The van der Waals surface area contributed by atoms with Gasteiger partial charge in [0.2, 0.25) is 0 Å². The van der Waals surface area contributed by atoms with Crippen LogP contribution in [0.15, 0.2) is 58.8 Å². The second-order valence-electron chi connectivity index (χ2n) is 8.74. The number of carboxylic acid groups (broad SMARTS) is 1. The predicted molar refractivity (Wildman–Crippen MR) is 138 cm³/mol. The van der Waals surface area contributed by atoms with Crippen molar-refractivity contribution in [3.05, 3.63) is 54.1 Å². The molecule has 0 fully saturated rings. The zero-order valence-corrected chi connectivity index (χ0v) is 21.1. The summed E-state index contributed by atoms with van der Waals surface area (Å²) >= 11 is 0. The molecule has 0 aliphatic rings. The zero-order chi connectivity index (χ0) is 26.7. The van der Waals surface area contributed by atoms with E-state index in [9.17, 15) is 14.7 Å². The summed E-state index contributed by atoms with van der Waals surface area (Å²) in [6.45, 7) is 0.772. The predicted octanol–water partition coefficient (Wildman–Crippen LogP) is 6.10. The van der Waals surface area contributed by atoms with Crippen LogP contribution in [0.25, 0.3) is 0 Å². The lowest BCUT2D eigenvalue weighted by atomic mass is 10.0. The van der Waals surface area contributed by atoms with Crippen molar-refractivity contribution in [1.82, 2.24) is 0 Å². The Kier molecular flexibility index (Phi) is 14.0. The summed E-state index contributed by atoms with van der Waals surface area (Å²) in [7, 11) is 0. The molecular formula is C28H35N3O6. The Balaban J connectivity index is 1.53. The number of hydrogen-bond donors (Lipinski definition) is 2. The molecule has 2 rings (SSSR count). The Hall–Kier alpha value is -3.77. The van der Waals surface area contributed by atoms with E-state index in [1.807, 2.05) is 24.3 Å². The van der Waals surface area contributed by atoms with Crippen molar-refractivity contribution in [2.45, 2.75) is 57.8 Å². The number of aliphatic carboxylic acids is 1. The van der Waals surface area contributed by atoms with Gasteiger partial charge >= 0.3 is 11.9 Å². The normalized spacial score (nSPS) is 11.7. The number of hydrogen-bond acceptors (Lipinski definition) is 8. The molecule has 1 unspecified atom stereocenters. The molecule has 0 aliphatic carbocycles. The van der Waals surface area contributed by atoms with Gasteiger partial charge in [0.05, 0.1) is 36.2 Å². The van der Waals surface area contributed by atoms with Gasteiger partial charge < -0.3 is 19.7 Å². The topological polar surface area (TPSA) is 142 Å². The van der Waals surface area contributed by atoms with Gasteiger partial charge in [-0.05, 0) is 74.2 Å². The van der Waals surface area contributed by atoms with Gasteiger partial charge in [-0.2, -0.15) is 15.5 Å². The SMILES string of the molecule is N#Cc1ccc(N=Nc2ccc(OCCCCCCC(CO)COC(=O)CCCCC(=O)O)cc2)cc1. The van der Waals surface area contributed by atoms with Crippen molar-refractivity contribution in [1.29, 1.82) is 5.26 Å². The Morgan fingerprint density at radius 3 is 2.11 bits per heavy atom. The molecule has 2 N–H and O–H groups in total. The first-order chi connectivity index (χ1) is 18.0. The van der Waals surface area contributed by atoms with Crippen molar-refractivity contribution < 1.29 is 29.3 Å². The standard InChI is InChI=1S/C28H35N3O6/c29-19-22-10-12-24(13-11-22)30-31-25-14-16-26(17-15-25)36-18-6-2-1-3-7-23(20-32)21-37-28(35)9-5-4-8-27(33)34/h10-17,23,32H,1-9,18,20-21H2,(H,33,34). The van der Waals surface area contributed by atoms with E-state index >= 15 is 0 Å². The summed E-state index contributed by atoms with van der Waals surface area (Å²) in [5, 5.41) is 35.3. The fourth-order valence-corrected chi connectivity index (χ4v) is 3.46. The van der Waals surface area contributed by atoms with Crippen molar-refractivity contribution >= 4 is 23.3 Å². The fourth-order valence-electron chi connectivity index (χ4n) is 3.46. The van der Waals surface area contributed by atoms with E-state index in [1.165, 1.54) is 0 Å². The maximum absolute atomic E-state index is 11.7. The van der Waals surface area contributed by atoms with Gasteiger partial charge in [0.25, 0.3) is 0 Å². The quantitative estimate of drug-likeness (QED) is 0.140. The van der Waals surface area contributed by atoms with Crippen LogP contribution in [0.3, 0.4) is 0 Å². The number of rotatable bonds is 18. The maximum atomic E-state index is 11.7. The molecule has 9 heteroatoms. The number of ether oxygens (including phenoxy) is 2. The van der Waals surface area contributed by atoms with Gasteiger partial charge in [-0.1, -0.05) is 19.3 Å². The number of benzene rings is 2. The highest BCUT2D eigenvalue weighted by Gasteiger charge is 2.11. The highest BCUT2D eigenvalue weighted by Crippen LogP contribution is 2.22. The highest BCUT2D eigenvalue weighted by atomic mass is 16.5. The molecule has 37 heavy (non-hydrogen) atoms. The van der Waals surface area contributed by atoms with Gasteiger partial charge in [0.15, 0.2) is 0 Å². The summed E-state index contributed by atoms with van der Waals surface area (Å²) < 4.78 is 11.0. The van der Waals surface area contributed by atoms with Crippen LogP contribution in [0.4, 0.5) is 11.4 Å². The van der Waals surface area contributed by atoms with E-state index in [-0.39, 0.29) is 37.9 Å². The smallest absolute Gasteiger partial charge is 0.305 e. The molecule has 9 nitrogen and oxygen atoms in total. The first-order valence-electron chi connectivity index (χ1n) is 12.6. The van der Waals surface area contributed by atoms with Crippen molar-refractivity contribution in [2.75, 3.05) is 19.8 Å². The third-order valence-electron chi connectivity index (χ3n) is 5.65. The molecule has 0 aliphatic heterocycles. The molecule has 0 spiro atoms. The minimum Gasteiger partial charge on any atom is -0.494 e.